The van der Waals surface area contributed by atoms with E-state index in [0.717, 1.165) is 27.5 Å². The molecule has 6 aromatic rings. The van der Waals surface area contributed by atoms with Gasteiger partial charge in [-0.25, -0.2) is 4.98 Å². The second-order valence-electron chi connectivity index (χ2n) is 9.71. The summed E-state index contributed by atoms with van der Waals surface area (Å²) >= 11 is 0. The Bertz CT molecular complexity index is 1880. The lowest BCUT2D eigenvalue weighted by atomic mass is 9.35. The molecule has 8 rings (SSSR count). The van der Waals surface area contributed by atoms with Gasteiger partial charge in [-0.05, 0) is 40.3 Å². The minimum atomic E-state index is 0.202. The number of aromatic nitrogens is 2. The fourth-order valence-electron chi connectivity index (χ4n) is 6.62. The van der Waals surface area contributed by atoms with Crippen LogP contribution < -0.4 is 38.2 Å². The van der Waals surface area contributed by atoms with Gasteiger partial charge < -0.3 is 4.42 Å². The number of para-hydroxylation sites is 1. The van der Waals surface area contributed by atoms with E-state index in [0.29, 0.717) is 0 Å². The van der Waals surface area contributed by atoms with E-state index in [2.05, 4.69) is 78.4 Å². The molecule has 0 radical (unpaired) electrons. The van der Waals surface area contributed by atoms with E-state index < -0.39 is 0 Å². The quantitative estimate of drug-likeness (QED) is 0.244. The summed E-state index contributed by atoms with van der Waals surface area (Å²) in [5.41, 5.74) is 17.9. The molecule has 0 fully saturated rings. The number of hydrogen-bond donors (Lipinski definition) is 0. The molecule has 0 saturated carbocycles. The molecule has 0 saturated heterocycles. The summed E-state index contributed by atoms with van der Waals surface area (Å²) in [4.78, 5) is 4.96. The third kappa shape index (κ3) is 1.90. The number of rotatable bonds is 0. The first-order valence-electron chi connectivity index (χ1n) is 11.6. The van der Waals surface area contributed by atoms with Crippen molar-refractivity contribution in [2.45, 2.75) is 0 Å². The molecular formula is C25H17B5N2O. The van der Waals surface area contributed by atoms with Crippen LogP contribution in [0.25, 0.3) is 49.8 Å². The van der Waals surface area contributed by atoms with Crippen LogP contribution >= 0.6 is 0 Å². The Balaban J connectivity index is 1.61. The Morgan fingerprint density at radius 2 is 1.64 bits per heavy atom. The van der Waals surface area contributed by atoms with Crippen LogP contribution in [0.3, 0.4) is 0 Å². The van der Waals surface area contributed by atoms with Gasteiger partial charge in [0.2, 0.25) is 6.71 Å². The molecule has 2 aliphatic rings. The van der Waals surface area contributed by atoms with Gasteiger partial charge in [-0.1, -0.05) is 46.7 Å². The summed E-state index contributed by atoms with van der Waals surface area (Å²) < 4.78 is 8.67. The number of benzene rings is 4. The Morgan fingerprint density at radius 1 is 0.818 bits per heavy atom. The molecule has 0 atom stereocenters. The van der Waals surface area contributed by atoms with Gasteiger partial charge in [0.1, 0.15) is 54.4 Å². The summed E-state index contributed by atoms with van der Waals surface area (Å²) in [6, 6.07) is 17.3. The van der Waals surface area contributed by atoms with Gasteiger partial charge in [0.15, 0.2) is 0 Å². The molecule has 0 amide bonds. The Morgan fingerprint density at radius 3 is 2.52 bits per heavy atom. The molecule has 148 valence electrons. The van der Waals surface area contributed by atoms with E-state index >= 15 is 0 Å². The molecular weight excluding hydrogens is 398 g/mol. The number of fused-ring (bicyclic) bond motifs is 9. The summed E-state index contributed by atoms with van der Waals surface area (Å²) in [7, 11) is 9.12. The fourth-order valence-corrected chi connectivity index (χ4v) is 6.62. The van der Waals surface area contributed by atoms with Crippen LogP contribution in [0.2, 0.25) is 0 Å². The lowest BCUT2D eigenvalue weighted by molar-refractivity contribution is 0.669. The molecule has 3 nitrogen and oxygen atoms in total. The van der Waals surface area contributed by atoms with Crippen molar-refractivity contribution in [2.24, 2.45) is 0 Å². The summed E-state index contributed by atoms with van der Waals surface area (Å²) in [6.07, 6.45) is 2.00. The predicted octanol–water partition coefficient (Wildman–Crippen LogP) is -3.23. The summed E-state index contributed by atoms with van der Waals surface area (Å²) in [5.74, 6) is 0. The molecule has 0 bridgehead atoms. The van der Waals surface area contributed by atoms with E-state index in [1.165, 1.54) is 60.6 Å². The highest BCUT2D eigenvalue weighted by Gasteiger charge is 2.42. The standard InChI is InChI=1S/C25H17B5N2O/c26-18-17-11-5-3-6-13-22(11)30(23(17)21(29)20(28)19(18)27)12-8-15-16(24-25(12)32(13)9-31-24)10-4-1-2-7-14(10)33-15/h1-9H,26-29H2. The average molecular weight is 415 g/mol. The molecule has 0 N–H and O–H groups in total. The predicted molar refractivity (Wildman–Crippen MR) is 151 cm³/mol. The van der Waals surface area contributed by atoms with Crippen molar-refractivity contribution in [3.8, 4) is 16.8 Å². The van der Waals surface area contributed by atoms with Crippen molar-refractivity contribution in [3.05, 3.63) is 54.9 Å². The molecule has 33 heavy (non-hydrogen) atoms. The first-order chi connectivity index (χ1) is 16.1. The van der Waals surface area contributed by atoms with Gasteiger partial charge in [0, 0.05) is 11.1 Å². The van der Waals surface area contributed by atoms with Crippen molar-refractivity contribution in [1.29, 1.82) is 0 Å². The topological polar surface area (TPSA) is 31.0 Å². The lowest BCUT2D eigenvalue weighted by Gasteiger charge is -2.25. The highest BCUT2D eigenvalue weighted by Crippen LogP contribution is 2.36. The maximum absolute atomic E-state index is 6.37. The normalized spacial score (nSPS) is 13.3. The monoisotopic (exact) mass is 416 g/mol. The first kappa shape index (κ1) is 18.0. The van der Waals surface area contributed by atoms with E-state index in [1.807, 2.05) is 12.4 Å². The molecule has 2 aliphatic heterocycles. The zero-order valence-corrected chi connectivity index (χ0v) is 19.1. The second-order valence-corrected chi connectivity index (χ2v) is 9.71. The Kier molecular flexibility index (Phi) is 3.10. The third-order valence-corrected chi connectivity index (χ3v) is 8.42. The number of imidazole rings is 1. The number of hydrogen-bond acceptors (Lipinski definition) is 2. The van der Waals surface area contributed by atoms with Crippen molar-refractivity contribution >= 4 is 109 Å². The smallest absolute Gasteiger partial charge is 0.247 e. The molecule has 0 aliphatic carbocycles. The molecule has 4 aromatic carbocycles. The lowest BCUT2D eigenvalue weighted by Crippen LogP contribution is -2.63. The van der Waals surface area contributed by atoms with Crippen molar-refractivity contribution in [1.82, 2.24) is 9.55 Å². The summed E-state index contributed by atoms with van der Waals surface area (Å²) in [6.45, 7) is 0.202. The van der Waals surface area contributed by atoms with E-state index in [4.69, 9.17) is 9.40 Å². The largest absolute Gasteiger partial charge is 0.456 e. The van der Waals surface area contributed by atoms with Crippen molar-refractivity contribution < 1.29 is 4.42 Å². The molecule has 2 aromatic heterocycles. The van der Waals surface area contributed by atoms with Crippen LogP contribution in [-0.4, -0.2) is 47.6 Å². The highest BCUT2D eigenvalue weighted by atomic mass is 16.3. The van der Waals surface area contributed by atoms with Crippen molar-refractivity contribution in [3.63, 3.8) is 0 Å². The van der Waals surface area contributed by atoms with Crippen LogP contribution in [0.5, 0.6) is 0 Å². The Labute approximate surface area is 194 Å². The minimum absolute atomic E-state index is 0.202. The minimum Gasteiger partial charge on any atom is -0.456 e. The van der Waals surface area contributed by atoms with Crippen LogP contribution in [-0.2, 0) is 0 Å². The second kappa shape index (κ2) is 5.69. The van der Waals surface area contributed by atoms with Gasteiger partial charge in [-0.3, -0.25) is 4.57 Å². The SMILES string of the molecule is Bc1c(B)c(B)c2c(c1B)B1c3c-2cccc3-n2cnc3c4c(cc1c32)oc1ccccc14. The Hall–Kier alpha value is -3.53. The molecule has 4 heterocycles. The van der Waals surface area contributed by atoms with Crippen LogP contribution in [0, 0.1) is 0 Å². The maximum Gasteiger partial charge on any atom is 0.247 e. The van der Waals surface area contributed by atoms with Gasteiger partial charge in [0.25, 0.3) is 0 Å². The summed E-state index contributed by atoms with van der Waals surface area (Å²) in [5, 5.41) is 2.25. The zero-order chi connectivity index (χ0) is 22.2. The van der Waals surface area contributed by atoms with Gasteiger partial charge in [-0.15, -0.1) is 10.9 Å². The van der Waals surface area contributed by atoms with E-state index in [-0.39, 0.29) is 6.71 Å². The molecule has 8 heteroatoms. The third-order valence-electron chi connectivity index (χ3n) is 8.42. The zero-order valence-electron chi connectivity index (χ0n) is 19.1. The first-order valence-corrected chi connectivity index (χ1v) is 11.6. The number of nitrogens with zero attached hydrogens (tertiary/aromatic N) is 2. The fraction of sp³-hybridized carbons (Fsp3) is 0. The van der Waals surface area contributed by atoms with Gasteiger partial charge >= 0.3 is 0 Å². The average Bonchev–Trinajstić information content (AvgIpc) is 3.52. The highest BCUT2D eigenvalue weighted by molar-refractivity contribution is 7.04. The van der Waals surface area contributed by atoms with Gasteiger partial charge in [0.05, 0.1) is 10.9 Å². The maximum atomic E-state index is 6.37. The van der Waals surface area contributed by atoms with Crippen LogP contribution in [0.1, 0.15) is 0 Å². The van der Waals surface area contributed by atoms with E-state index in [1.54, 1.807) is 0 Å². The molecule has 0 unspecified atom stereocenters. The number of furan rings is 1. The van der Waals surface area contributed by atoms with Gasteiger partial charge in [-0.2, -0.15) is 0 Å². The van der Waals surface area contributed by atoms with Crippen molar-refractivity contribution in [2.75, 3.05) is 0 Å². The van der Waals surface area contributed by atoms with Crippen LogP contribution in [0.15, 0.2) is 59.3 Å². The molecule has 0 spiro atoms. The van der Waals surface area contributed by atoms with Crippen LogP contribution in [0.4, 0.5) is 0 Å². The van der Waals surface area contributed by atoms with E-state index in [9.17, 15) is 0 Å².